The van der Waals surface area contributed by atoms with E-state index in [1.165, 1.54) is 7.11 Å². The Morgan fingerprint density at radius 1 is 1.22 bits per heavy atom. The molecule has 0 aliphatic carbocycles. The number of methoxy groups -OCH3 is 1. The van der Waals surface area contributed by atoms with Crippen molar-refractivity contribution < 1.29 is 35.9 Å². The van der Waals surface area contributed by atoms with Crippen LogP contribution in [0.25, 0.3) is 0 Å². The van der Waals surface area contributed by atoms with Crippen molar-refractivity contribution >= 4 is 21.8 Å². The summed E-state index contributed by atoms with van der Waals surface area (Å²) < 4.78 is 77.6. The third-order valence-electron chi connectivity index (χ3n) is 1.82. The van der Waals surface area contributed by atoms with E-state index in [0.29, 0.717) is 0 Å². The molecule has 0 saturated heterocycles. The fraction of sp³-hybridized carbons (Fsp3) is 0.875. The minimum Gasteiger partial charge on any atom is -0.383 e. The van der Waals surface area contributed by atoms with Crippen molar-refractivity contribution in [2.24, 2.45) is 5.92 Å². The highest BCUT2D eigenvalue weighted by Gasteiger charge is 2.61. The number of alkyl halides is 7. The van der Waals surface area contributed by atoms with Gasteiger partial charge >= 0.3 is 12.4 Å². The second-order valence-corrected chi connectivity index (χ2v) is 3.98. The van der Waals surface area contributed by atoms with E-state index in [9.17, 15) is 31.1 Å². The zero-order valence-electron chi connectivity index (χ0n) is 9.03. The van der Waals surface area contributed by atoms with Crippen LogP contribution in [-0.4, -0.2) is 43.3 Å². The highest BCUT2D eigenvalue weighted by atomic mass is 79.9. The minimum absolute atomic E-state index is 0.0327. The predicted octanol–water partition coefficient (Wildman–Crippen LogP) is 2.25. The summed E-state index contributed by atoms with van der Waals surface area (Å²) in [6, 6.07) is -0.977. The van der Waals surface area contributed by atoms with Crippen molar-refractivity contribution in [1.29, 1.82) is 0 Å². The number of ether oxygens (including phenoxy) is 1. The van der Waals surface area contributed by atoms with E-state index >= 15 is 0 Å². The van der Waals surface area contributed by atoms with E-state index in [1.807, 2.05) is 0 Å². The zero-order chi connectivity index (χ0) is 14.6. The predicted molar refractivity (Wildman–Crippen MR) is 53.2 cm³/mol. The molecule has 0 aliphatic rings. The van der Waals surface area contributed by atoms with Crippen LogP contribution in [0.2, 0.25) is 0 Å². The Morgan fingerprint density at radius 3 is 1.94 bits per heavy atom. The van der Waals surface area contributed by atoms with Gasteiger partial charge < -0.3 is 10.1 Å². The topological polar surface area (TPSA) is 38.3 Å². The monoisotopic (exact) mass is 345 g/mol. The number of carbonyl (C=O) groups excluding carboxylic acids is 1. The van der Waals surface area contributed by atoms with Crippen molar-refractivity contribution in [1.82, 2.24) is 5.32 Å². The van der Waals surface area contributed by atoms with Crippen molar-refractivity contribution in [3.05, 3.63) is 0 Å². The van der Waals surface area contributed by atoms with Gasteiger partial charge in [0.15, 0.2) is 0 Å². The number of hydrogen-bond acceptors (Lipinski definition) is 2. The molecule has 0 aromatic carbocycles. The van der Waals surface area contributed by atoms with Crippen LogP contribution in [0.5, 0.6) is 0 Å². The standard InChI is InChI=1S/C8H10BrF6NO2/c1-18-3-4(2-9)16-6(17)5(7(10,11)12)8(13,14)15/h4-5H,2-3H2,1H3,(H,16,17). The lowest BCUT2D eigenvalue weighted by molar-refractivity contribution is -0.274. The molecule has 0 aromatic heterocycles. The molecular formula is C8H10BrF6NO2. The largest absolute Gasteiger partial charge is 0.409 e. The van der Waals surface area contributed by atoms with E-state index < -0.39 is 30.2 Å². The molecule has 0 bridgehead atoms. The molecule has 108 valence electrons. The van der Waals surface area contributed by atoms with Gasteiger partial charge in [-0.1, -0.05) is 15.9 Å². The maximum absolute atomic E-state index is 12.2. The Balaban J connectivity index is 4.89. The van der Waals surface area contributed by atoms with E-state index in [1.54, 1.807) is 5.32 Å². The number of amides is 1. The van der Waals surface area contributed by atoms with Gasteiger partial charge in [-0.05, 0) is 0 Å². The fourth-order valence-corrected chi connectivity index (χ4v) is 1.44. The van der Waals surface area contributed by atoms with Crippen LogP contribution in [0.3, 0.4) is 0 Å². The molecule has 0 fully saturated rings. The molecule has 1 N–H and O–H groups in total. The first-order chi connectivity index (χ1) is 8.04. The maximum Gasteiger partial charge on any atom is 0.409 e. The average Bonchev–Trinajstić information content (AvgIpc) is 2.11. The van der Waals surface area contributed by atoms with Crippen LogP contribution in [-0.2, 0) is 9.53 Å². The molecule has 1 amide bonds. The Bertz CT molecular complexity index is 266. The molecule has 0 aromatic rings. The van der Waals surface area contributed by atoms with Gasteiger partial charge in [-0.2, -0.15) is 26.3 Å². The molecular weight excluding hydrogens is 336 g/mol. The van der Waals surface area contributed by atoms with Crippen LogP contribution in [0.1, 0.15) is 0 Å². The second kappa shape index (κ2) is 6.60. The molecule has 0 spiro atoms. The number of hydrogen-bond donors (Lipinski definition) is 1. The van der Waals surface area contributed by atoms with Crippen LogP contribution < -0.4 is 5.32 Å². The van der Waals surface area contributed by atoms with Crippen molar-refractivity contribution in [2.45, 2.75) is 18.4 Å². The Kier molecular flexibility index (Phi) is 6.41. The third-order valence-corrected chi connectivity index (χ3v) is 2.60. The van der Waals surface area contributed by atoms with Crippen LogP contribution in [0, 0.1) is 5.92 Å². The summed E-state index contributed by atoms with van der Waals surface area (Å²) in [6.45, 7) is -0.209. The first-order valence-electron chi connectivity index (χ1n) is 4.52. The van der Waals surface area contributed by atoms with E-state index in [2.05, 4.69) is 20.7 Å². The van der Waals surface area contributed by atoms with Gasteiger partial charge in [0.2, 0.25) is 11.8 Å². The van der Waals surface area contributed by atoms with Crippen LogP contribution >= 0.6 is 15.9 Å². The average molecular weight is 346 g/mol. The normalized spacial score (nSPS) is 14.7. The molecule has 18 heavy (non-hydrogen) atoms. The summed E-state index contributed by atoms with van der Waals surface area (Å²) in [6.07, 6.45) is -11.4. The Hall–Kier alpha value is -0.510. The molecule has 0 radical (unpaired) electrons. The maximum atomic E-state index is 12.2. The SMILES string of the molecule is COCC(CBr)NC(=O)C(C(F)(F)F)C(F)(F)F. The van der Waals surface area contributed by atoms with E-state index in [0.717, 1.165) is 0 Å². The van der Waals surface area contributed by atoms with Gasteiger partial charge in [-0.15, -0.1) is 0 Å². The van der Waals surface area contributed by atoms with E-state index in [4.69, 9.17) is 0 Å². The lowest BCUT2D eigenvalue weighted by Crippen LogP contribution is -2.51. The van der Waals surface area contributed by atoms with Crippen LogP contribution in [0.4, 0.5) is 26.3 Å². The number of rotatable bonds is 5. The summed E-state index contributed by atoms with van der Waals surface area (Å²) >= 11 is 2.84. The number of halogens is 7. The summed E-state index contributed by atoms with van der Waals surface area (Å²) in [4.78, 5) is 11.1. The molecule has 0 rings (SSSR count). The molecule has 0 saturated carbocycles. The Morgan fingerprint density at radius 2 is 1.67 bits per heavy atom. The van der Waals surface area contributed by atoms with Gasteiger partial charge in [0.1, 0.15) is 0 Å². The highest BCUT2D eigenvalue weighted by Crippen LogP contribution is 2.39. The first kappa shape index (κ1) is 17.5. The zero-order valence-corrected chi connectivity index (χ0v) is 10.6. The lowest BCUT2D eigenvalue weighted by atomic mass is 10.1. The molecule has 0 heterocycles. The highest BCUT2D eigenvalue weighted by molar-refractivity contribution is 9.09. The molecule has 0 aliphatic heterocycles. The minimum atomic E-state index is -5.69. The van der Waals surface area contributed by atoms with Gasteiger partial charge in [-0.25, -0.2) is 0 Å². The molecule has 3 nitrogen and oxygen atoms in total. The van der Waals surface area contributed by atoms with Crippen molar-refractivity contribution in [3.8, 4) is 0 Å². The molecule has 1 unspecified atom stereocenters. The summed E-state index contributed by atoms with van der Waals surface area (Å²) in [5, 5.41) is 1.60. The first-order valence-corrected chi connectivity index (χ1v) is 5.64. The lowest BCUT2D eigenvalue weighted by Gasteiger charge is -2.24. The third kappa shape index (κ3) is 5.42. The molecule has 1 atom stereocenters. The van der Waals surface area contributed by atoms with Gasteiger partial charge in [-0.3, -0.25) is 4.79 Å². The number of nitrogens with one attached hydrogen (secondary N) is 1. The Labute approximate surface area is 107 Å². The van der Waals surface area contributed by atoms with Gasteiger partial charge in [0.05, 0.1) is 12.6 Å². The fourth-order valence-electron chi connectivity index (χ4n) is 1.09. The number of carbonyl (C=O) groups is 1. The van der Waals surface area contributed by atoms with Crippen molar-refractivity contribution in [2.75, 3.05) is 19.0 Å². The molecule has 10 heteroatoms. The van der Waals surface area contributed by atoms with Gasteiger partial charge in [0, 0.05) is 12.4 Å². The quantitative estimate of drug-likeness (QED) is 0.613. The van der Waals surface area contributed by atoms with Crippen LogP contribution in [0.15, 0.2) is 0 Å². The van der Waals surface area contributed by atoms with E-state index in [-0.39, 0.29) is 11.9 Å². The summed E-state index contributed by atoms with van der Waals surface area (Å²) in [5.74, 6) is -6.18. The van der Waals surface area contributed by atoms with Crippen molar-refractivity contribution in [3.63, 3.8) is 0 Å². The van der Waals surface area contributed by atoms with Gasteiger partial charge in [0.25, 0.3) is 0 Å². The second-order valence-electron chi connectivity index (χ2n) is 3.33. The summed E-state index contributed by atoms with van der Waals surface area (Å²) in [5.41, 5.74) is 0. The smallest absolute Gasteiger partial charge is 0.383 e. The summed E-state index contributed by atoms with van der Waals surface area (Å²) in [7, 11) is 1.20.